The molecule has 0 bridgehead atoms. The van der Waals surface area contributed by atoms with Gasteiger partial charge in [-0.3, -0.25) is 9.78 Å². The Hall–Kier alpha value is -1.44. The van der Waals surface area contributed by atoms with Crippen molar-refractivity contribution in [3.8, 4) is 0 Å². The highest BCUT2D eigenvalue weighted by Crippen LogP contribution is 2.04. The highest BCUT2D eigenvalue weighted by atomic mass is 16.1. The monoisotopic (exact) mass is 161 g/mol. The van der Waals surface area contributed by atoms with Crippen LogP contribution in [0.5, 0.6) is 0 Å². The molecular formula is C10H11NO. The third-order valence-electron chi connectivity index (χ3n) is 1.64. The maximum atomic E-state index is 10.9. The lowest BCUT2D eigenvalue weighted by molar-refractivity contribution is -0.113. The fraction of sp³-hybridized carbons (Fsp3) is 0.200. The van der Waals surface area contributed by atoms with Gasteiger partial charge < -0.3 is 0 Å². The fourth-order valence-corrected chi connectivity index (χ4v) is 0.811. The van der Waals surface area contributed by atoms with Crippen LogP contribution in [0.15, 0.2) is 30.1 Å². The molecule has 0 aromatic carbocycles. The van der Waals surface area contributed by atoms with Gasteiger partial charge in [-0.15, -0.1) is 0 Å². The van der Waals surface area contributed by atoms with E-state index in [1.54, 1.807) is 19.3 Å². The predicted molar refractivity (Wildman–Crippen MR) is 48.6 cm³/mol. The molecule has 2 nitrogen and oxygen atoms in total. The van der Waals surface area contributed by atoms with Gasteiger partial charge in [-0.25, -0.2) is 0 Å². The molecule has 0 aliphatic heterocycles. The highest BCUT2D eigenvalue weighted by Gasteiger charge is 1.95. The van der Waals surface area contributed by atoms with Crippen molar-refractivity contribution >= 4 is 11.9 Å². The SMILES string of the molecule is CC(=O)C(C)=Cc1ccncc1. The van der Waals surface area contributed by atoms with Crippen LogP contribution in [0, 0.1) is 0 Å². The fourth-order valence-electron chi connectivity index (χ4n) is 0.811. The summed E-state index contributed by atoms with van der Waals surface area (Å²) in [5.41, 5.74) is 1.78. The standard InChI is InChI=1S/C10H11NO/c1-8(9(2)12)7-10-3-5-11-6-4-10/h3-7H,1-2H3. The second-order valence-corrected chi connectivity index (χ2v) is 2.66. The molecule has 0 amide bonds. The van der Waals surface area contributed by atoms with Gasteiger partial charge in [0.15, 0.2) is 5.78 Å². The number of pyridine rings is 1. The van der Waals surface area contributed by atoms with Gasteiger partial charge in [0, 0.05) is 12.4 Å². The highest BCUT2D eigenvalue weighted by molar-refractivity contribution is 5.97. The van der Waals surface area contributed by atoms with Crippen molar-refractivity contribution in [3.05, 3.63) is 35.7 Å². The Balaban J connectivity index is 2.89. The normalized spacial score (nSPS) is 11.3. The average molecular weight is 161 g/mol. The number of hydrogen-bond donors (Lipinski definition) is 0. The van der Waals surface area contributed by atoms with Gasteiger partial charge in [-0.2, -0.15) is 0 Å². The number of rotatable bonds is 2. The Bertz CT molecular complexity index is 301. The molecule has 0 radical (unpaired) electrons. The number of aromatic nitrogens is 1. The molecule has 0 aliphatic rings. The van der Waals surface area contributed by atoms with Crippen molar-refractivity contribution in [2.45, 2.75) is 13.8 Å². The van der Waals surface area contributed by atoms with Crippen LogP contribution in [0.1, 0.15) is 19.4 Å². The predicted octanol–water partition coefficient (Wildman–Crippen LogP) is 2.07. The molecule has 2 heteroatoms. The Kier molecular flexibility index (Phi) is 2.75. The minimum absolute atomic E-state index is 0.104. The van der Waals surface area contributed by atoms with Gasteiger partial charge in [-0.05, 0) is 43.2 Å². The van der Waals surface area contributed by atoms with Crippen LogP contribution in [0.3, 0.4) is 0 Å². The summed E-state index contributed by atoms with van der Waals surface area (Å²) in [5.74, 6) is 0.104. The molecule has 12 heavy (non-hydrogen) atoms. The van der Waals surface area contributed by atoms with Crippen LogP contribution in [-0.2, 0) is 4.79 Å². The first-order valence-electron chi connectivity index (χ1n) is 3.79. The number of Topliss-reactive ketones (excluding diaryl/α,β-unsaturated/α-hetero) is 1. The molecule has 0 aliphatic carbocycles. The number of carbonyl (C=O) groups is 1. The maximum Gasteiger partial charge on any atom is 0.155 e. The van der Waals surface area contributed by atoms with Crippen LogP contribution in [-0.4, -0.2) is 10.8 Å². The van der Waals surface area contributed by atoms with Crippen molar-refractivity contribution in [1.29, 1.82) is 0 Å². The summed E-state index contributed by atoms with van der Waals surface area (Å²) in [6, 6.07) is 3.74. The van der Waals surface area contributed by atoms with Gasteiger partial charge >= 0.3 is 0 Å². The lowest BCUT2D eigenvalue weighted by Gasteiger charge is -1.94. The second-order valence-electron chi connectivity index (χ2n) is 2.66. The van der Waals surface area contributed by atoms with Crippen molar-refractivity contribution in [3.63, 3.8) is 0 Å². The molecule has 0 atom stereocenters. The van der Waals surface area contributed by atoms with E-state index >= 15 is 0 Å². The first kappa shape index (κ1) is 8.65. The van der Waals surface area contributed by atoms with Crippen molar-refractivity contribution in [2.75, 3.05) is 0 Å². The first-order chi connectivity index (χ1) is 5.70. The Morgan fingerprint density at radius 3 is 2.42 bits per heavy atom. The summed E-state index contributed by atoms with van der Waals surface area (Å²) in [6.07, 6.45) is 5.27. The lowest BCUT2D eigenvalue weighted by atomic mass is 10.1. The van der Waals surface area contributed by atoms with Gasteiger partial charge in [0.2, 0.25) is 0 Å². The van der Waals surface area contributed by atoms with E-state index in [2.05, 4.69) is 4.98 Å². The van der Waals surface area contributed by atoms with Crippen molar-refractivity contribution < 1.29 is 4.79 Å². The topological polar surface area (TPSA) is 30.0 Å². The van der Waals surface area contributed by atoms with Crippen molar-refractivity contribution in [2.24, 2.45) is 0 Å². The third-order valence-corrected chi connectivity index (χ3v) is 1.64. The molecule has 0 fully saturated rings. The molecule has 0 unspecified atom stereocenters. The van der Waals surface area contributed by atoms with Gasteiger partial charge in [0.05, 0.1) is 0 Å². The summed E-state index contributed by atoms with van der Waals surface area (Å²) in [4.78, 5) is 14.7. The molecular weight excluding hydrogens is 150 g/mol. The molecule has 0 N–H and O–H groups in total. The third kappa shape index (κ3) is 2.31. The zero-order chi connectivity index (χ0) is 8.97. The molecule has 0 saturated heterocycles. The van der Waals surface area contributed by atoms with Crippen LogP contribution in [0.25, 0.3) is 6.08 Å². The zero-order valence-corrected chi connectivity index (χ0v) is 7.24. The van der Waals surface area contributed by atoms with Crippen molar-refractivity contribution in [1.82, 2.24) is 4.98 Å². The van der Waals surface area contributed by atoms with Gasteiger partial charge in [0.1, 0.15) is 0 Å². The van der Waals surface area contributed by atoms with E-state index in [1.165, 1.54) is 0 Å². The molecule has 0 saturated carbocycles. The van der Waals surface area contributed by atoms with E-state index in [9.17, 15) is 4.79 Å². The molecule has 62 valence electrons. The number of hydrogen-bond acceptors (Lipinski definition) is 2. The van der Waals surface area contributed by atoms with Crippen LogP contribution < -0.4 is 0 Å². The largest absolute Gasteiger partial charge is 0.295 e. The Morgan fingerprint density at radius 2 is 1.92 bits per heavy atom. The lowest BCUT2D eigenvalue weighted by Crippen LogP contribution is -1.90. The zero-order valence-electron chi connectivity index (χ0n) is 7.24. The summed E-state index contributed by atoms with van der Waals surface area (Å²) >= 11 is 0. The second kappa shape index (κ2) is 3.81. The van der Waals surface area contributed by atoms with E-state index < -0.39 is 0 Å². The number of allylic oxidation sites excluding steroid dienone is 1. The summed E-state index contributed by atoms with van der Waals surface area (Å²) in [5, 5.41) is 0. The Labute approximate surface area is 71.9 Å². The van der Waals surface area contributed by atoms with Crippen LogP contribution >= 0.6 is 0 Å². The number of nitrogens with zero attached hydrogens (tertiary/aromatic N) is 1. The molecule has 1 heterocycles. The van der Waals surface area contributed by atoms with Gasteiger partial charge in [0.25, 0.3) is 0 Å². The Morgan fingerprint density at radius 1 is 1.33 bits per heavy atom. The summed E-state index contributed by atoms with van der Waals surface area (Å²) < 4.78 is 0. The minimum Gasteiger partial charge on any atom is -0.295 e. The van der Waals surface area contributed by atoms with Crippen LogP contribution in [0.4, 0.5) is 0 Å². The molecule has 1 aromatic rings. The summed E-state index contributed by atoms with van der Waals surface area (Å²) in [6.45, 7) is 3.37. The smallest absolute Gasteiger partial charge is 0.155 e. The van der Waals surface area contributed by atoms with Gasteiger partial charge in [-0.1, -0.05) is 0 Å². The van der Waals surface area contributed by atoms with E-state index in [0.717, 1.165) is 11.1 Å². The van der Waals surface area contributed by atoms with E-state index in [-0.39, 0.29) is 5.78 Å². The van der Waals surface area contributed by atoms with E-state index in [0.29, 0.717) is 0 Å². The first-order valence-corrected chi connectivity index (χ1v) is 3.79. The minimum atomic E-state index is 0.104. The molecule has 0 spiro atoms. The molecule has 1 aromatic heterocycles. The molecule has 1 rings (SSSR count). The quantitative estimate of drug-likeness (QED) is 0.621. The van der Waals surface area contributed by atoms with E-state index in [4.69, 9.17) is 0 Å². The van der Waals surface area contributed by atoms with E-state index in [1.807, 2.05) is 25.1 Å². The average Bonchev–Trinajstić information content (AvgIpc) is 2.06. The number of ketones is 1. The maximum absolute atomic E-state index is 10.9. The van der Waals surface area contributed by atoms with Crippen LogP contribution in [0.2, 0.25) is 0 Å². The summed E-state index contributed by atoms with van der Waals surface area (Å²) in [7, 11) is 0. The number of carbonyl (C=O) groups excluding carboxylic acids is 1.